The fourth-order valence-corrected chi connectivity index (χ4v) is 2.16. The highest BCUT2D eigenvalue weighted by Crippen LogP contribution is 2.13. The number of hydrogen-bond acceptors (Lipinski definition) is 5. The third-order valence-electron chi connectivity index (χ3n) is 3.64. The minimum Gasteiger partial charge on any atom is -0.358 e. The predicted molar refractivity (Wildman–Crippen MR) is 94.6 cm³/mol. The minimum atomic E-state index is -0.356. The molecule has 0 aliphatic carbocycles. The summed E-state index contributed by atoms with van der Waals surface area (Å²) in [6, 6.07) is 6.80. The van der Waals surface area contributed by atoms with Crippen LogP contribution in [0.4, 0.5) is 11.5 Å². The lowest BCUT2D eigenvalue weighted by atomic mass is 10.1. The minimum absolute atomic E-state index is 0.0506. The SMILES string of the molecule is CCCCN(C)c1cnc(C(=O)Nc2cccc(C(C)=O)c2)cn1. The van der Waals surface area contributed by atoms with Crippen molar-refractivity contribution in [3.63, 3.8) is 0 Å². The van der Waals surface area contributed by atoms with E-state index in [1.54, 1.807) is 30.5 Å². The quantitative estimate of drug-likeness (QED) is 0.791. The summed E-state index contributed by atoms with van der Waals surface area (Å²) < 4.78 is 0. The number of anilines is 2. The first kappa shape index (κ1) is 17.6. The number of unbranched alkanes of at least 4 members (excludes halogenated alkanes) is 1. The number of aromatic nitrogens is 2. The topological polar surface area (TPSA) is 75.2 Å². The van der Waals surface area contributed by atoms with Gasteiger partial charge in [-0.25, -0.2) is 9.97 Å². The Bertz CT molecular complexity index is 713. The van der Waals surface area contributed by atoms with E-state index >= 15 is 0 Å². The van der Waals surface area contributed by atoms with Crippen molar-refractivity contribution in [1.29, 1.82) is 0 Å². The van der Waals surface area contributed by atoms with E-state index in [9.17, 15) is 9.59 Å². The number of hydrogen-bond donors (Lipinski definition) is 1. The van der Waals surface area contributed by atoms with Crippen LogP contribution in [0.5, 0.6) is 0 Å². The standard InChI is InChI=1S/C18H22N4O2/c1-4-5-9-22(3)17-12-19-16(11-20-17)18(24)21-15-8-6-7-14(10-15)13(2)23/h6-8,10-12H,4-5,9H2,1-3H3,(H,21,24). The van der Waals surface area contributed by atoms with E-state index in [0.29, 0.717) is 11.3 Å². The Morgan fingerprint density at radius 3 is 2.62 bits per heavy atom. The van der Waals surface area contributed by atoms with Crippen LogP contribution in [0.15, 0.2) is 36.7 Å². The summed E-state index contributed by atoms with van der Waals surface area (Å²) in [5, 5.41) is 2.73. The molecule has 0 fully saturated rings. The van der Waals surface area contributed by atoms with Crippen LogP contribution >= 0.6 is 0 Å². The van der Waals surface area contributed by atoms with Crippen molar-refractivity contribution in [3.8, 4) is 0 Å². The zero-order valence-electron chi connectivity index (χ0n) is 14.2. The Hall–Kier alpha value is -2.76. The van der Waals surface area contributed by atoms with Crippen LogP contribution in [0.25, 0.3) is 0 Å². The van der Waals surface area contributed by atoms with Crippen LogP contribution in [0, 0.1) is 0 Å². The fraction of sp³-hybridized carbons (Fsp3) is 0.333. The number of rotatable bonds is 7. The highest BCUT2D eigenvalue weighted by molar-refractivity contribution is 6.03. The van der Waals surface area contributed by atoms with Gasteiger partial charge in [0.15, 0.2) is 5.78 Å². The van der Waals surface area contributed by atoms with E-state index < -0.39 is 0 Å². The Labute approximate surface area is 141 Å². The molecule has 0 unspecified atom stereocenters. The molecule has 0 aliphatic heterocycles. The second kappa shape index (κ2) is 8.19. The Balaban J connectivity index is 2.05. The first-order valence-corrected chi connectivity index (χ1v) is 7.96. The third kappa shape index (κ3) is 4.62. The molecule has 2 rings (SSSR count). The lowest BCUT2D eigenvalue weighted by Crippen LogP contribution is -2.21. The van der Waals surface area contributed by atoms with Crippen molar-refractivity contribution < 1.29 is 9.59 Å². The van der Waals surface area contributed by atoms with Gasteiger partial charge in [-0.1, -0.05) is 25.5 Å². The maximum atomic E-state index is 12.2. The van der Waals surface area contributed by atoms with Gasteiger partial charge >= 0.3 is 0 Å². The molecule has 1 heterocycles. The number of nitrogens with zero attached hydrogens (tertiary/aromatic N) is 3. The number of nitrogens with one attached hydrogen (secondary N) is 1. The molecule has 0 radical (unpaired) electrons. The van der Waals surface area contributed by atoms with Gasteiger partial charge in [0.05, 0.1) is 12.4 Å². The molecular formula is C18H22N4O2. The number of benzene rings is 1. The number of amides is 1. The smallest absolute Gasteiger partial charge is 0.275 e. The van der Waals surface area contributed by atoms with E-state index in [2.05, 4.69) is 22.2 Å². The molecular weight excluding hydrogens is 304 g/mol. The molecule has 1 amide bonds. The van der Waals surface area contributed by atoms with E-state index in [-0.39, 0.29) is 17.4 Å². The summed E-state index contributed by atoms with van der Waals surface area (Å²) in [6.07, 6.45) is 5.24. The molecule has 24 heavy (non-hydrogen) atoms. The monoisotopic (exact) mass is 326 g/mol. The molecule has 1 aromatic carbocycles. The van der Waals surface area contributed by atoms with Crippen LogP contribution in [-0.4, -0.2) is 35.3 Å². The first-order chi connectivity index (χ1) is 11.5. The number of carbonyl (C=O) groups excluding carboxylic acids is 2. The van der Waals surface area contributed by atoms with Gasteiger partial charge in [0.2, 0.25) is 0 Å². The van der Waals surface area contributed by atoms with E-state index in [0.717, 1.165) is 25.2 Å². The largest absolute Gasteiger partial charge is 0.358 e. The van der Waals surface area contributed by atoms with Crippen molar-refractivity contribution in [3.05, 3.63) is 47.9 Å². The fourth-order valence-electron chi connectivity index (χ4n) is 2.16. The van der Waals surface area contributed by atoms with Crippen LogP contribution in [0.2, 0.25) is 0 Å². The van der Waals surface area contributed by atoms with Crippen LogP contribution in [0.3, 0.4) is 0 Å². The van der Waals surface area contributed by atoms with Crippen LogP contribution < -0.4 is 10.2 Å². The van der Waals surface area contributed by atoms with E-state index in [1.807, 2.05) is 11.9 Å². The molecule has 126 valence electrons. The Morgan fingerprint density at radius 1 is 1.21 bits per heavy atom. The average Bonchev–Trinajstić information content (AvgIpc) is 2.60. The molecule has 2 aromatic rings. The molecule has 6 heteroatoms. The molecule has 0 saturated carbocycles. The lowest BCUT2D eigenvalue weighted by Gasteiger charge is -2.17. The zero-order valence-corrected chi connectivity index (χ0v) is 14.2. The summed E-state index contributed by atoms with van der Waals surface area (Å²) in [7, 11) is 1.95. The third-order valence-corrected chi connectivity index (χ3v) is 3.64. The van der Waals surface area contributed by atoms with Gasteiger partial charge in [0, 0.05) is 24.8 Å². The lowest BCUT2D eigenvalue weighted by molar-refractivity contribution is 0.100. The average molecular weight is 326 g/mol. The van der Waals surface area contributed by atoms with Crippen molar-refractivity contribution >= 4 is 23.2 Å². The number of Topliss-reactive ketones (excluding diaryl/α,β-unsaturated/α-hetero) is 1. The second-order valence-corrected chi connectivity index (χ2v) is 5.63. The highest BCUT2D eigenvalue weighted by Gasteiger charge is 2.11. The van der Waals surface area contributed by atoms with Crippen molar-refractivity contribution in [2.24, 2.45) is 0 Å². The summed E-state index contributed by atoms with van der Waals surface area (Å²) in [5.41, 5.74) is 1.33. The van der Waals surface area contributed by atoms with Crippen LogP contribution in [-0.2, 0) is 0 Å². The first-order valence-electron chi connectivity index (χ1n) is 7.96. The molecule has 0 atom stereocenters. The molecule has 0 saturated heterocycles. The summed E-state index contributed by atoms with van der Waals surface area (Å²) in [6.45, 7) is 4.52. The molecule has 0 aliphatic rings. The second-order valence-electron chi connectivity index (χ2n) is 5.63. The Morgan fingerprint density at radius 2 is 2.00 bits per heavy atom. The molecule has 6 nitrogen and oxygen atoms in total. The maximum absolute atomic E-state index is 12.2. The zero-order chi connectivity index (χ0) is 17.5. The highest BCUT2D eigenvalue weighted by atomic mass is 16.2. The van der Waals surface area contributed by atoms with E-state index in [4.69, 9.17) is 0 Å². The summed E-state index contributed by atoms with van der Waals surface area (Å²) in [5.74, 6) is 0.329. The van der Waals surface area contributed by atoms with E-state index in [1.165, 1.54) is 13.1 Å². The van der Waals surface area contributed by atoms with Crippen molar-refractivity contribution in [1.82, 2.24) is 9.97 Å². The normalized spacial score (nSPS) is 10.3. The van der Waals surface area contributed by atoms with Gasteiger partial charge in [0.25, 0.3) is 5.91 Å². The van der Waals surface area contributed by atoms with Crippen molar-refractivity contribution in [2.75, 3.05) is 23.8 Å². The molecule has 0 spiro atoms. The summed E-state index contributed by atoms with van der Waals surface area (Å²) >= 11 is 0. The molecule has 0 bridgehead atoms. The number of carbonyl (C=O) groups is 2. The summed E-state index contributed by atoms with van der Waals surface area (Å²) in [4.78, 5) is 34.1. The van der Waals surface area contributed by atoms with Gasteiger partial charge in [-0.3, -0.25) is 9.59 Å². The molecule has 1 aromatic heterocycles. The Kier molecular flexibility index (Phi) is 6.01. The van der Waals surface area contributed by atoms with Crippen molar-refractivity contribution in [2.45, 2.75) is 26.7 Å². The van der Waals surface area contributed by atoms with Gasteiger partial charge < -0.3 is 10.2 Å². The van der Waals surface area contributed by atoms with Gasteiger partial charge in [-0.15, -0.1) is 0 Å². The predicted octanol–water partition coefficient (Wildman–Crippen LogP) is 3.17. The maximum Gasteiger partial charge on any atom is 0.275 e. The van der Waals surface area contributed by atoms with Gasteiger partial charge in [0.1, 0.15) is 11.5 Å². The number of ketones is 1. The van der Waals surface area contributed by atoms with Crippen LogP contribution in [0.1, 0.15) is 47.5 Å². The molecule has 1 N–H and O–H groups in total. The van der Waals surface area contributed by atoms with Gasteiger partial charge in [-0.05, 0) is 25.5 Å². The van der Waals surface area contributed by atoms with Gasteiger partial charge in [-0.2, -0.15) is 0 Å².